The number of nitrogens with one attached hydrogen (secondary N) is 1. The predicted octanol–water partition coefficient (Wildman–Crippen LogP) is 4.40. The fourth-order valence-corrected chi connectivity index (χ4v) is 5.77. The summed E-state index contributed by atoms with van der Waals surface area (Å²) in [5.41, 5.74) is 4.73. The van der Waals surface area contributed by atoms with Gasteiger partial charge in [0, 0.05) is 6.54 Å². The Morgan fingerprint density at radius 1 is 1.03 bits per heavy atom. The zero-order valence-corrected chi connectivity index (χ0v) is 21.9. The summed E-state index contributed by atoms with van der Waals surface area (Å²) in [5, 5.41) is 2.96. The van der Waals surface area contributed by atoms with Gasteiger partial charge in [-0.05, 0) is 78.4 Å². The Morgan fingerprint density at radius 3 is 2.44 bits per heavy atom. The Labute approximate surface area is 213 Å². The summed E-state index contributed by atoms with van der Waals surface area (Å²) in [5.74, 6) is 0.550. The third-order valence-electron chi connectivity index (χ3n) is 6.44. The van der Waals surface area contributed by atoms with E-state index >= 15 is 0 Å². The molecule has 0 saturated heterocycles. The third-order valence-corrected chi connectivity index (χ3v) is 8.23. The van der Waals surface area contributed by atoms with E-state index in [9.17, 15) is 13.2 Å². The summed E-state index contributed by atoms with van der Waals surface area (Å²) >= 11 is 0. The molecule has 4 rings (SSSR count). The van der Waals surface area contributed by atoms with Gasteiger partial charge in [0.25, 0.3) is 15.9 Å². The maximum Gasteiger partial charge on any atom is 0.264 e. The van der Waals surface area contributed by atoms with Gasteiger partial charge in [-0.1, -0.05) is 38.1 Å². The molecule has 1 aliphatic heterocycles. The molecule has 0 bridgehead atoms. The van der Waals surface area contributed by atoms with E-state index in [-0.39, 0.29) is 17.3 Å². The van der Waals surface area contributed by atoms with E-state index in [0.29, 0.717) is 23.7 Å². The molecule has 0 aromatic heterocycles. The van der Waals surface area contributed by atoms with Gasteiger partial charge in [-0.25, -0.2) is 8.42 Å². The summed E-state index contributed by atoms with van der Waals surface area (Å²) in [6, 6.07) is 17.8. The molecule has 1 heterocycles. The number of amides is 1. The number of sulfonamides is 1. The van der Waals surface area contributed by atoms with Gasteiger partial charge in [-0.15, -0.1) is 0 Å². The number of anilines is 1. The third kappa shape index (κ3) is 5.18. The van der Waals surface area contributed by atoms with E-state index in [1.165, 1.54) is 34.7 Å². The summed E-state index contributed by atoms with van der Waals surface area (Å²) in [4.78, 5) is 13.3. The molecule has 3 aromatic carbocycles. The molecule has 1 amide bonds. The van der Waals surface area contributed by atoms with Crippen molar-refractivity contribution in [2.75, 3.05) is 18.0 Å². The molecule has 0 fully saturated rings. The number of carbonyl (C=O) groups is 1. The first-order valence-corrected chi connectivity index (χ1v) is 13.5. The van der Waals surface area contributed by atoms with Gasteiger partial charge in [0.05, 0.1) is 24.2 Å². The van der Waals surface area contributed by atoms with Crippen LogP contribution >= 0.6 is 0 Å². The number of rotatable bonds is 8. The molecule has 7 nitrogen and oxygen atoms in total. The Morgan fingerprint density at radius 2 is 1.78 bits per heavy atom. The molecule has 36 heavy (non-hydrogen) atoms. The van der Waals surface area contributed by atoms with Crippen LogP contribution in [0, 0.1) is 6.92 Å². The monoisotopic (exact) mass is 508 g/mol. The molecule has 0 saturated carbocycles. The fourth-order valence-electron chi connectivity index (χ4n) is 4.31. The van der Waals surface area contributed by atoms with E-state index < -0.39 is 16.1 Å². The van der Waals surface area contributed by atoms with Crippen molar-refractivity contribution < 1.29 is 22.7 Å². The number of hydrogen-bond acceptors (Lipinski definition) is 5. The highest BCUT2D eigenvalue weighted by Crippen LogP contribution is 2.38. The summed E-state index contributed by atoms with van der Waals surface area (Å²) in [6.07, 6.45) is 0.772. The first-order chi connectivity index (χ1) is 17.3. The lowest BCUT2D eigenvalue weighted by molar-refractivity contribution is -0.127. The number of aryl methyl sites for hydroxylation is 3. The van der Waals surface area contributed by atoms with Gasteiger partial charge < -0.3 is 14.8 Å². The number of hydrogen-bond donors (Lipinski definition) is 1. The lowest BCUT2D eigenvalue weighted by Gasteiger charge is -2.35. The Bertz CT molecular complexity index is 1350. The molecule has 3 aromatic rings. The second kappa shape index (κ2) is 10.6. The SMILES string of the molecule is CCc1ccc(CC)c(CNC(=O)[C@@H]2CN(S(=O)(=O)c3ccc(OC)cc3)c3cc(C)ccc3O2)c1. The van der Waals surface area contributed by atoms with Crippen LogP contribution in [0.25, 0.3) is 0 Å². The molecule has 0 radical (unpaired) electrons. The second-order valence-electron chi connectivity index (χ2n) is 8.82. The molecular formula is C28H32N2O5S. The topological polar surface area (TPSA) is 84.9 Å². The molecule has 1 aliphatic rings. The van der Waals surface area contributed by atoms with Crippen molar-refractivity contribution in [3.63, 3.8) is 0 Å². The molecule has 0 spiro atoms. The Balaban J connectivity index is 1.61. The normalized spacial score (nSPS) is 15.1. The highest BCUT2D eigenvalue weighted by molar-refractivity contribution is 7.92. The molecule has 190 valence electrons. The van der Waals surface area contributed by atoms with Crippen LogP contribution in [0.2, 0.25) is 0 Å². The second-order valence-corrected chi connectivity index (χ2v) is 10.7. The van der Waals surface area contributed by atoms with E-state index in [4.69, 9.17) is 9.47 Å². The number of methoxy groups -OCH3 is 1. The first kappa shape index (κ1) is 25.6. The minimum Gasteiger partial charge on any atom is -0.497 e. The molecule has 0 aliphatic carbocycles. The lowest BCUT2D eigenvalue weighted by Crippen LogP contribution is -2.50. The number of benzene rings is 3. The van der Waals surface area contributed by atoms with Crippen LogP contribution < -0.4 is 19.1 Å². The lowest BCUT2D eigenvalue weighted by atomic mass is 10.0. The van der Waals surface area contributed by atoms with Crippen LogP contribution in [0.3, 0.4) is 0 Å². The van der Waals surface area contributed by atoms with E-state index in [2.05, 4.69) is 37.4 Å². The van der Waals surface area contributed by atoms with E-state index in [1.54, 1.807) is 24.3 Å². The minimum absolute atomic E-state index is 0.112. The van der Waals surface area contributed by atoms with Crippen LogP contribution in [0.1, 0.15) is 36.1 Å². The minimum atomic E-state index is -3.95. The van der Waals surface area contributed by atoms with Crippen LogP contribution in [0.15, 0.2) is 65.6 Å². The van der Waals surface area contributed by atoms with Gasteiger partial charge in [-0.2, -0.15) is 0 Å². The highest BCUT2D eigenvalue weighted by atomic mass is 32.2. The molecule has 1 atom stereocenters. The maximum atomic E-state index is 13.7. The van der Waals surface area contributed by atoms with Crippen LogP contribution in [0.5, 0.6) is 11.5 Å². The number of carbonyl (C=O) groups excluding carboxylic acids is 1. The predicted molar refractivity (Wildman–Crippen MR) is 140 cm³/mol. The Hall–Kier alpha value is -3.52. The zero-order chi connectivity index (χ0) is 25.9. The number of ether oxygens (including phenoxy) is 2. The number of nitrogens with zero attached hydrogens (tertiary/aromatic N) is 1. The summed E-state index contributed by atoms with van der Waals surface area (Å²) in [6.45, 7) is 6.27. The van der Waals surface area contributed by atoms with Crippen molar-refractivity contribution in [2.24, 2.45) is 0 Å². The van der Waals surface area contributed by atoms with Gasteiger partial charge >= 0.3 is 0 Å². The Kier molecular flexibility index (Phi) is 7.54. The summed E-state index contributed by atoms with van der Waals surface area (Å²) < 4.78 is 39.7. The van der Waals surface area contributed by atoms with Crippen molar-refractivity contribution >= 4 is 21.6 Å². The molecule has 8 heteroatoms. The van der Waals surface area contributed by atoms with E-state index in [0.717, 1.165) is 24.0 Å². The largest absolute Gasteiger partial charge is 0.497 e. The van der Waals surface area contributed by atoms with Crippen molar-refractivity contribution in [1.29, 1.82) is 0 Å². The van der Waals surface area contributed by atoms with Crippen molar-refractivity contribution in [2.45, 2.75) is 51.2 Å². The number of fused-ring (bicyclic) bond motifs is 1. The van der Waals surface area contributed by atoms with Crippen LogP contribution in [-0.2, 0) is 34.2 Å². The fraction of sp³-hybridized carbons (Fsp3) is 0.321. The average molecular weight is 509 g/mol. The van der Waals surface area contributed by atoms with Crippen molar-refractivity contribution in [3.05, 3.63) is 82.9 Å². The first-order valence-electron chi connectivity index (χ1n) is 12.1. The highest BCUT2D eigenvalue weighted by Gasteiger charge is 2.37. The van der Waals surface area contributed by atoms with Crippen LogP contribution in [0.4, 0.5) is 5.69 Å². The van der Waals surface area contributed by atoms with Gasteiger partial charge in [0.2, 0.25) is 0 Å². The van der Waals surface area contributed by atoms with Gasteiger partial charge in [-0.3, -0.25) is 9.10 Å². The average Bonchev–Trinajstić information content (AvgIpc) is 2.90. The van der Waals surface area contributed by atoms with Crippen molar-refractivity contribution in [1.82, 2.24) is 5.32 Å². The van der Waals surface area contributed by atoms with E-state index in [1.807, 2.05) is 13.0 Å². The summed E-state index contributed by atoms with van der Waals surface area (Å²) in [7, 11) is -2.43. The zero-order valence-electron chi connectivity index (χ0n) is 21.1. The molecular weight excluding hydrogens is 476 g/mol. The van der Waals surface area contributed by atoms with Crippen molar-refractivity contribution in [3.8, 4) is 11.5 Å². The maximum absolute atomic E-state index is 13.7. The van der Waals surface area contributed by atoms with Crippen LogP contribution in [-0.4, -0.2) is 34.1 Å². The van der Waals surface area contributed by atoms with Gasteiger partial charge in [0.1, 0.15) is 11.5 Å². The standard InChI is InChI=1S/C28H32N2O5S/c1-5-20-8-9-21(6-2)22(16-20)17-29-28(31)27-18-30(25-15-19(3)7-14-26(25)35-27)36(32,33)24-12-10-23(34-4)11-13-24/h7-16,27H,5-6,17-18H2,1-4H3,(H,29,31)/t27-/m0/s1. The van der Waals surface area contributed by atoms with Gasteiger partial charge in [0.15, 0.2) is 6.10 Å². The quantitative estimate of drug-likeness (QED) is 0.488. The smallest absolute Gasteiger partial charge is 0.264 e. The molecule has 1 N–H and O–H groups in total. The molecule has 0 unspecified atom stereocenters.